The third-order valence-electron chi connectivity index (χ3n) is 6.61. The first-order valence-corrected chi connectivity index (χ1v) is 9.83. The minimum atomic E-state index is 0.166. The molecule has 2 saturated carbocycles. The Balaban J connectivity index is 1.34. The van der Waals surface area contributed by atoms with Crippen LogP contribution < -0.4 is 0 Å². The standard InChI is InChI=1S/C19H30N2O2/c22-18(15-7-8-15)20-12-9-16(10-13-20)19(23)21-11-3-5-14-4-1-2-6-17(14)21/h14-17H,1-13H2. The van der Waals surface area contributed by atoms with Gasteiger partial charge in [0.25, 0.3) is 0 Å². The van der Waals surface area contributed by atoms with Crippen LogP contribution in [0.5, 0.6) is 0 Å². The van der Waals surface area contributed by atoms with E-state index in [0.717, 1.165) is 51.2 Å². The Morgan fingerprint density at radius 1 is 0.652 bits per heavy atom. The highest BCUT2D eigenvalue weighted by Gasteiger charge is 2.40. The summed E-state index contributed by atoms with van der Waals surface area (Å²) in [5, 5.41) is 0. The number of carbonyl (C=O) groups excluding carboxylic acids is 2. The van der Waals surface area contributed by atoms with Crippen molar-refractivity contribution < 1.29 is 9.59 Å². The SMILES string of the molecule is O=C(C1CC1)N1CCC(C(=O)N2CCCC3CCCCC32)CC1. The predicted molar refractivity (Wildman–Crippen MR) is 88.7 cm³/mol. The van der Waals surface area contributed by atoms with E-state index in [2.05, 4.69) is 4.90 Å². The fourth-order valence-electron chi connectivity index (χ4n) is 5.07. The highest BCUT2D eigenvalue weighted by Crippen LogP contribution is 2.37. The lowest BCUT2D eigenvalue weighted by molar-refractivity contribution is -0.146. The quantitative estimate of drug-likeness (QED) is 0.785. The van der Waals surface area contributed by atoms with E-state index < -0.39 is 0 Å². The van der Waals surface area contributed by atoms with Gasteiger partial charge in [-0.2, -0.15) is 0 Å². The third-order valence-corrected chi connectivity index (χ3v) is 6.61. The Hall–Kier alpha value is -1.06. The van der Waals surface area contributed by atoms with Crippen LogP contribution >= 0.6 is 0 Å². The average Bonchev–Trinajstić information content (AvgIpc) is 3.45. The number of hydrogen-bond donors (Lipinski definition) is 0. The van der Waals surface area contributed by atoms with Gasteiger partial charge in [0.2, 0.25) is 11.8 Å². The van der Waals surface area contributed by atoms with Gasteiger partial charge in [-0.25, -0.2) is 0 Å². The summed E-state index contributed by atoms with van der Waals surface area (Å²) in [4.78, 5) is 29.5. The highest BCUT2D eigenvalue weighted by atomic mass is 16.2. The van der Waals surface area contributed by atoms with Crippen molar-refractivity contribution in [2.24, 2.45) is 17.8 Å². The molecule has 0 N–H and O–H groups in total. The van der Waals surface area contributed by atoms with Crippen molar-refractivity contribution in [2.75, 3.05) is 19.6 Å². The molecule has 2 amide bonds. The highest BCUT2D eigenvalue weighted by molar-refractivity contribution is 5.82. The first-order chi connectivity index (χ1) is 11.2. The molecule has 128 valence electrons. The Kier molecular flexibility index (Phi) is 4.33. The number of nitrogens with zero attached hydrogens (tertiary/aromatic N) is 2. The van der Waals surface area contributed by atoms with E-state index in [1.807, 2.05) is 4.90 Å². The maximum absolute atomic E-state index is 13.1. The predicted octanol–water partition coefficient (Wildman–Crippen LogP) is 2.82. The summed E-state index contributed by atoms with van der Waals surface area (Å²) >= 11 is 0. The number of amides is 2. The monoisotopic (exact) mass is 318 g/mol. The topological polar surface area (TPSA) is 40.6 Å². The number of hydrogen-bond acceptors (Lipinski definition) is 2. The van der Waals surface area contributed by atoms with Gasteiger partial charge in [-0.1, -0.05) is 12.8 Å². The number of piperidine rings is 2. The van der Waals surface area contributed by atoms with Crippen molar-refractivity contribution in [1.82, 2.24) is 9.80 Å². The molecule has 2 aliphatic carbocycles. The zero-order valence-corrected chi connectivity index (χ0v) is 14.2. The molecule has 0 spiro atoms. The minimum absolute atomic E-state index is 0.166. The molecule has 4 nitrogen and oxygen atoms in total. The van der Waals surface area contributed by atoms with Crippen molar-refractivity contribution in [1.29, 1.82) is 0 Å². The number of rotatable bonds is 2. The molecule has 4 rings (SSSR count). The molecule has 0 aromatic carbocycles. The lowest BCUT2D eigenvalue weighted by Crippen LogP contribution is -2.53. The van der Waals surface area contributed by atoms with Crippen molar-refractivity contribution in [3.05, 3.63) is 0 Å². The minimum Gasteiger partial charge on any atom is -0.342 e. The van der Waals surface area contributed by atoms with Gasteiger partial charge in [-0.15, -0.1) is 0 Å². The average molecular weight is 318 g/mol. The molecule has 0 aromatic rings. The van der Waals surface area contributed by atoms with Gasteiger partial charge < -0.3 is 9.80 Å². The fourth-order valence-corrected chi connectivity index (χ4v) is 5.07. The smallest absolute Gasteiger partial charge is 0.226 e. The van der Waals surface area contributed by atoms with Gasteiger partial charge in [-0.05, 0) is 57.3 Å². The van der Waals surface area contributed by atoms with Crippen LogP contribution in [0.1, 0.15) is 64.2 Å². The van der Waals surface area contributed by atoms with Crippen molar-refractivity contribution in [2.45, 2.75) is 70.3 Å². The summed E-state index contributed by atoms with van der Waals surface area (Å²) in [7, 11) is 0. The summed E-state index contributed by atoms with van der Waals surface area (Å²) in [6, 6.07) is 0.524. The van der Waals surface area contributed by atoms with Gasteiger partial charge in [-0.3, -0.25) is 9.59 Å². The first kappa shape index (κ1) is 15.5. The van der Waals surface area contributed by atoms with Crippen LogP contribution in [-0.4, -0.2) is 47.3 Å². The van der Waals surface area contributed by atoms with Gasteiger partial charge in [0, 0.05) is 37.5 Å². The maximum atomic E-state index is 13.1. The summed E-state index contributed by atoms with van der Waals surface area (Å²) in [5.74, 6) is 1.99. The largest absolute Gasteiger partial charge is 0.342 e. The molecule has 2 heterocycles. The van der Waals surface area contributed by atoms with E-state index in [-0.39, 0.29) is 5.92 Å². The zero-order valence-electron chi connectivity index (χ0n) is 14.2. The van der Waals surface area contributed by atoms with E-state index in [1.165, 1.54) is 38.5 Å². The normalized spacial score (nSPS) is 32.5. The lowest BCUT2D eigenvalue weighted by atomic mass is 9.77. The Labute approximate surface area is 139 Å². The first-order valence-electron chi connectivity index (χ1n) is 9.83. The van der Waals surface area contributed by atoms with Crippen LogP contribution in [0, 0.1) is 17.8 Å². The fraction of sp³-hybridized carbons (Fsp3) is 0.895. The molecule has 2 atom stereocenters. The van der Waals surface area contributed by atoms with Crippen LogP contribution in [0.15, 0.2) is 0 Å². The van der Waals surface area contributed by atoms with Crippen molar-refractivity contribution in [3.63, 3.8) is 0 Å². The molecule has 4 fully saturated rings. The van der Waals surface area contributed by atoms with Gasteiger partial charge in [0.1, 0.15) is 0 Å². The van der Waals surface area contributed by atoms with Gasteiger partial charge in [0.15, 0.2) is 0 Å². The molecular formula is C19H30N2O2. The molecule has 2 aliphatic heterocycles. The second kappa shape index (κ2) is 6.45. The summed E-state index contributed by atoms with van der Waals surface area (Å²) < 4.78 is 0. The van der Waals surface area contributed by atoms with E-state index in [4.69, 9.17) is 0 Å². The van der Waals surface area contributed by atoms with Crippen LogP contribution in [0.2, 0.25) is 0 Å². The molecule has 23 heavy (non-hydrogen) atoms. The van der Waals surface area contributed by atoms with Crippen LogP contribution in [-0.2, 0) is 9.59 Å². The van der Waals surface area contributed by atoms with Gasteiger partial charge >= 0.3 is 0 Å². The maximum Gasteiger partial charge on any atom is 0.226 e. The molecule has 0 bridgehead atoms. The van der Waals surface area contributed by atoms with E-state index in [1.54, 1.807) is 0 Å². The Bertz CT molecular complexity index is 464. The van der Waals surface area contributed by atoms with Crippen molar-refractivity contribution in [3.8, 4) is 0 Å². The molecule has 0 radical (unpaired) electrons. The molecular weight excluding hydrogens is 288 g/mol. The third kappa shape index (κ3) is 3.14. The summed E-state index contributed by atoms with van der Waals surface area (Å²) in [6.45, 7) is 2.57. The van der Waals surface area contributed by atoms with E-state index in [0.29, 0.717) is 23.8 Å². The zero-order chi connectivity index (χ0) is 15.8. The molecule has 4 heteroatoms. The number of fused-ring (bicyclic) bond motifs is 1. The molecule has 0 aromatic heterocycles. The summed E-state index contributed by atoms with van der Waals surface area (Å²) in [6.07, 6.45) is 11.6. The van der Waals surface area contributed by atoms with Gasteiger partial charge in [0.05, 0.1) is 0 Å². The van der Waals surface area contributed by atoms with Crippen molar-refractivity contribution >= 4 is 11.8 Å². The summed E-state index contributed by atoms with van der Waals surface area (Å²) in [5.41, 5.74) is 0. The number of likely N-dealkylation sites (tertiary alicyclic amines) is 2. The van der Waals surface area contributed by atoms with E-state index >= 15 is 0 Å². The number of carbonyl (C=O) groups is 2. The van der Waals surface area contributed by atoms with Crippen LogP contribution in [0.4, 0.5) is 0 Å². The molecule has 2 unspecified atom stereocenters. The van der Waals surface area contributed by atoms with Crippen LogP contribution in [0.25, 0.3) is 0 Å². The van der Waals surface area contributed by atoms with Crippen LogP contribution in [0.3, 0.4) is 0 Å². The Morgan fingerprint density at radius 2 is 1.30 bits per heavy atom. The van der Waals surface area contributed by atoms with E-state index in [9.17, 15) is 9.59 Å². The Morgan fingerprint density at radius 3 is 2.04 bits per heavy atom. The second-order valence-corrected chi connectivity index (χ2v) is 8.16. The molecule has 4 aliphatic rings. The molecule has 2 saturated heterocycles. The second-order valence-electron chi connectivity index (χ2n) is 8.16. The lowest BCUT2D eigenvalue weighted by Gasteiger charge is -2.46.